The van der Waals surface area contributed by atoms with Crippen molar-refractivity contribution in [3.8, 4) is 5.75 Å². The second-order valence-electron chi connectivity index (χ2n) is 6.23. The first-order valence-corrected chi connectivity index (χ1v) is 7.94. The molecule has 0 saturated heterocycles. The van der Waals surface area contributed by atoms with Gasteiger partial charge in [-0.1, -0.05) is 12.1 Å². The lowest BCUT2D eigenvalue weighted by atomic mass is 9.84. The topological polar surface area (TPSA) is 64.3 Å². The Hall–Kier alpha value is -1.26. The summed E-state index contributed by atoms with van der Waals surface area (Å²) in [6.07, 6.45) is 3.50. The number of amides is 1. The van der Waals surface area contributed by atoms with E-state index in [2.05, 4.69) is 5.32 Å². The minimum Gasteiger partial charge on any atom is -0.494 e. The highest BCUT2D eigenvalue weighted by Gasteiger charge is 2.48. The van der Waals surface area contributed by atoms with Crippen LogP contribution in [0.15, 0.2) is 24.3 Å². The van der Waals surface area contributed by atoms with Crippen LogP contribution in [-0.4, -0.2) is 18.6 Å². The Morgan fingerprint density at radius 3 is 2.82 bits per heavy atom. The average molecular weight is 325 g/mol. The molecule has 4 unspecified atom stereocenters. The Balaban J connectivity index is 0.00000176. The third kappa shape index (κ3) is 3.39. The maximum Gasteiger partial charge on any atom is 0.225 e. The molecule has 4 nitrogen and oxygen atoms in total. The Bertz CT molecular complexity index is 521. The van der Waals surface area contributed by atoms with Crippen LogP contribution in [0.2, 0.25) is 0 Å². The van der Waals surface area contributed by atoms with Crippen molar-refractivity contribution >= 4 is 18.3 Å². The molecule has 2 aliphatic carbocycles. The quantitative estimate of drug-likeness (QED) is 0.874. The number of nitrogens with one attached hydrogen (secondary N) is 1. The molecule has 1 aromatic rings. The molecule has 0 aromatic heterocycles. The fraction of sp³-hybridized carbons (Fsp3) is 0.588. The van der Waals surface area contributed by atoms with Gasteiger partial charge in [0.15, 0.2) is 0 Å². The maximum atomic E-state index is 12.4. The van der Waals surface area contributed by atoms with Gasteiger partial charge in [-0.05, 0) is 55.7 Å². The molecule has 1 aromatic carbocycles. The Morgan fingerprint density at radius 2 is 2.14 bits per heavy atom. The van der Waals surface area contributed by atoms with Crippen molar-refractivity contribution in [1.29, 1.82) is 0 Å². The second-order valence-corrected chi connectivity index (χ2v) is 6.23. The van der Waals surface area contributed by atoms with Gasteiger partial charge in [-0.15, -0.1) is 12.4 Å². The fourth-order valence-corrected chi connectivity index (χ4v) is 3.94. The fourth-order valence-electron chi connectivity index (χ4n) is 3.94. The zero-order valence-electron chi connectivity index (χ0n) is 13.0. The molecule has 0 radical (unpaired) electrons. The number of halogens is 1. The number of benzene rings is 1. The summed E-state index contributed by atoms with van der Waals surface area (Å²) < 4.78 is 5.48. The van der Waals surface area contributed by atoms with Crippen molar-refractivity contribution in [1.82, 2.24) is 5.32 Å². The zero-order chi connectivity index (χ0) is 14.8. The molecule has 22 heavy (non-hydrogen) atoms. The Labute approximate surface area is 138 Å². The van der Waals surface area contributed by atoms with E-state index in [-0.39, 0.29) is 30.3 Å². The Morgan fingerprint density at radius 1 is 1.36 bits per heavy atom. The molecule has 2 saturated carbocycles. The molecule has 4 atom stereocenters. The minimum absolute atomic E-state index is 0. The Kier molecular flexibility index (Phi) is 5.70. The highest BCUT2D eigenvalue weighted by Crippen LogP contribution is 2.47. The van der Waals surface area contributed by atoms with Crippen LogP contribution >= 0.6 is 12.4 Å². The van der Waals surface area contributed by atoms with Crippen LogP contribution in [0.4, 0.5) is 0 Å². The molecule has 122 valence electrons. The van der Waals surface area contributed by atoms with Crippen LogP contribution in [0.25, 0.3) is 0 Å². The smallest absolute Gasteiger partial charge is 0.225 e. The minimum atomic E-state index is 0. The predicted octanol–water partition coefficient (Wildman–Crippen LogP) is 2.50. The number of carbonyl (C=O) groups excluding carboxylic acids is 1. The molecule has 0 spiro atoms. The van der Waals surface area contributed by atoms with Gasteiger partial charge in [-0.2, -0.15) is 0 Å². The largest absolute Gasteiger partial charge is 0.494 e. The second kappa shape index (κ2) is 7.34. The standard InChI is InChI=1S/C17H24N2O2.ClH/c1-2-21-14-5-3-4-11(8-14)10-19-17(20)15-12-6-7-13(9-12)16(15)18;/h3-5,8,12-13,15-16H,2,6-7,9-10,18H2,1H3,(H,19,20);1H. The number of hydrogen-bond donors (Lipinski definition) is 2. The third-order valence-electron chi connectivity index (χ3n) is 4.96. The van der Waals surface area contributed by atoms with Gasteiger partial charge in [-0.3, -0.25) is 4.79 Å². The predicted molar refractivity (Wildman–Crippen MR) is 89.0 cm³/mol. The first-order chi connectivity index (χ1) is 10.2. The first-order valence-electron chi connectivity index (χ1n) is 7.94. The summed E-state index contributed by atoms with van der Waals surface area (Å²) >= 11 is 0. The van der Waals surface area contributed by atoms with Crippen LogP contribution in [0.5, 0.6) is 5.75 Å². The van der Waals surface area contributed by atoms with E-state index in [1.807, 2.05) is 31.2 Å². The SMILES string of the molecule is CCOc1cccc(CNC(=O)C2C3CCC(C3)C2N)c1.Cl. The van der Waals surface area contributed by atoms with E-state index in [1.54, 1.807) is 0 Å². The summed E-state index contributed by atoms with van der Waals surface area (Å²) in [5, 5.41) is 3.05. The van der Waals surface area contributed by atoms with Gasteiger partial charge >= 0.3 is 0 Å². The molecule has 2 aliphatic rings. The molecule has 2 bridgehead atoms. The van der Waals surface area contributed by atoms with Crippen LogP contribution in [0.1, 0.15) is 31.7 Å². The van der Waals surface area contributed by atoms with Crippen LogP contribution in [0, 0.1) is 17.8 Å². The molecule has 3 N–H and O–H groups in total. The van der Waals surface area contributed by atoms with Gasteiger partial charge in [0.05, 0.1) is 12.5 Å². The number of hydrogen-bond acceptors (Lipinski definition) is 3. The number of fused-ring (bicyclic) bond motifs is 2. The van der Waals surface area contributed by atoms with Gasteiger partial charge in [0.25, 0.3) is 0 Å². The lowest BCUT2D eigenvalue weighted by Crippen LogP contribution is -2.45. The van der Waals surface area contributed by atoms with Gasteiger partial charge < -0.3 is 15.8 Å². The van der Waals surface area contributed by atoms with Gasteiger partial charge in [-0.25, -0.2) is 0 Å². The monoisotopic (exact) mass is 324 g/mol. The van der Waals surface area contributed by atoms with E-state index < -0.39 is 0 Å². The van der Waals surface area contributed by atoms with Crippen LogP contribution in [0.3, 0.4) is 0 Å². The molecular weight excluding hydrogens is 300 g/mol. The van der Waals surface area contributed by atoms with E-state index in [0.29, 0.717) is 25.0 Å². The summed E-state index contributed by atoms with van der Waals surface area (Å²) in [6.45, 7) is 3.15. The van der Waals surface area contributed by atoms with Crippen molar-refractivity contribution in [3.05, 3.63) is 29.8 Å². The highest BCUT2D eigenvalue weighted by atomic mass is 35.5. The summed E-state index contributed by atoms with van der Waals surface area (Å²) in [4.78, 5) is 12.4. The lowest BCUT2D eigenvalue weighted by molar-refractivity contribution is -0.127. The van der Waals surface area contributed by atoms with Crippen LogP contribution < -0.4 is 15.8 Å². The van der Waals surface area contributed by atoms with Gasteiger partial charge in [0.1, 0.15) is 5.75 Å². The van der Waals surface area contributed by atoms with Crippen molar-refractivity contribution in [2.24, 2.45) is 23.5 Å². The van der Waals surface area contributed by atoms with Crippen molar-refractivity contribution in [3.63, 3.8) is 0 Å². The molecular formula is C17H25ClN2O2. The summed E-state index contributed by atoms with van der Waals surface area (Å²) in [5.41, 5.74) is 7.28. The lowest BCUT2D eigenvalue weighted by Gasteiger charge is -2.27. The van der Waals surface area contributed by atoms with E-state index in [4.69, 9.17) is 10.5 Å². The van der Waals surface area contributed by atoms with Crippen molar-refractivity contribution in [2.45, 2.75) is 38.8 Å². The first kappa shape index (κ1) is 17.1. The summed E-state index contributed by atoms with van der Waals surface area (Å²) in [5.74, 6) is 2.04. The molecule has 0 heterocycles. The molecule has 3 rings (SSSR count). The molecule has 5 heteroatoms. The van der Waals surface area contributed by atoms with Crippen LogP contribution in [-0.2, 0) is 11.3 Å². The summed E-state index contributed by atoms with van der Waals surface area (Å²) in [7, 11) is 0. The average Bonchev–Trinajstić information content (AvgIpc) is 3.06. The zero-order valence-corrected chi connectivity index (χ0v) is 13.8. The molecule has 0 aliphatic heterocycles. The van der Waals surface area contributed by atoms with E-state index in [0.717, 1.165) is 24.2 Å². The van der Waals surface area contributed by atoms with Crippen molar-refractivity contribution < 1.29 is 9.53 Å². The highest BCUT2D eigenvalue weighted by molar-refractivity contribution is 5.85. The molecule has 1 amide bonds. The maximum absolute atomic E-state index is 12.4. The number of nitrogens with two attached hydrogens (primary N) is 1. The van der Waals surface area contributed by atoms with Crippen molar-refractivity contribution in [2.75, 3.05) is 6.61 Å². The number of rotatable bonds is 5. The number of ether oxygens (including phenoxy) is 1. The third-order valence-corrected chi connectivity index (χ3v) is 4.96. The van der Waals surface area contributed by atoms with E-state index >= 15 is 0 Å². The van der Waals surface area contributed by atoms with Gasteiger partial charge in [0, 0.05) is 12.6 Å². The van der Waals surface area contributed by atoms with Gasteiger partial charge in [0.2, 0.25) is 5.91 Å². The van der Waals surface area contributed by atoms with E-state index in [1.165, 1.54) is 6.42 Å². The summed E-state index contributed by atoms with van der Waals surface area (Å²) in [6, 6.07) is 7.92. The normalized spacial score (nSPS) is 29.0. The van der Waals surface area contributed by atoms with E-state index in [9.17, 15) is 4.79 Å². The molecule has 2 fully saturated rings. The number of carbonyl (C=O) groups is 1.